The molecule has 4 N–H and O–H groups in total. The number of imidazole rings is 2. The maximum absolute atomic E-state index is 14.1. The first-order chi connectivity index (χ1) is 31.6. The normalized spacial score (nSPS) is 17.2. The molecule has 3 amide bonds. The van der Waals surface area contributed by atoms with E-state index in [2.05, 4.69) is 63.6 Å². The van der Waals surface area contributed by atoms with Crippen molar-refractivity contribution in [3.63, 3.8) is 0 Å². The van der Waals surface area contributed by atoms with Gasteiger partial charge in [0.1, 0.15) is 30.9 Å². The number of rotatable bonds is 20. The third-order valence-electron chi connectivity index (χ3n) is 11.9. The summed E-state index contributed by atoms with van der Waals surface area (Å²) in [6.07, 6.45) is 6.00. The van der Waals surface area contributed by atoms with Crippen LogP contribution in [0.25, 0.3) is 33.6 Å². The second-order valence-electron chi connectivity index (χ2n) is 16.4. The van der Waals surface area contributed by atoms with E-state index in [-0.39, 0.29) is 43.2 Å². The fourth-order valence-corrected chi connectivity index (χ4v) is 9.24. The molecule has 5 heterocycles. The van der Waals surface area contributed by atoms with Crippen LogP contribution in [0.5, 0.6) is 11.5 Å². The van der Waals surface area contributed by atoms with Crippen molar-refractivity contribution in [2.45, 2.75) is 63.7 Å². The van der Waals surface area contributed by atoms with Gasteiger partial charge < -0.3 is 53.9 Å². The van der Waals surface area contributed by atoms with Gasteiger partial charge >= 0.3 is 12.2 Å². The van der Waals surface area contributed by atoms with E-state index in [4.69, 9.17) is 38.4 Å². The Labute approximate surface area is 383 Å². The Morgan fingerprint density at radius 2 is 1.34 bits per heavy atom. The predicted octanol–water partition coefficient (Wildman–Crippen LogP) is 7.52. The number of benzene rings is 2. The zero-order valence-electron chi connectivity index (χ0n) is 37.9. The number of methoxy groups -OCH3 is 4. The average Bonchev–Trinajstić information content (AvgIpc) is 4.18. The van der Waals surface area contributed by atoms with Crippen molar-refractivity contribution in [3.05, 3.63) is 82.8 Å². The standard InChI is InChI=1S/C47H60N8O9S/c1-29(2)36(52-46(57)61-5)28-54-19-7-10-37(54)43-48-26-34(50-43)31-15-13-30(14-16-31)32-17-18-33(42(64-24-22-60-4)41(32)63-23-21-59-3)35-27-49-44(51-35)38-11-8-20-55(38)45(56)40(53-47(58)62-6)39-12-9-25-65-39/h9,12-18,25-27,29,36-38,40H,7-8,10-11,19-24,28H2,1-6H3,(H,48,50)(H,49,51)(H,52,57)(H,53,58). The molecule has 17 nitrogen and oxygen atoms in total. The second-order valence-corrected chi connectivity index (χ2v) is 17.3. The fraction of sp³-hybridized carbons (Fsp3) is 0.468. The van der Waals surface area contributed by atoms with E-state index in [1.165, 1.54) is 25.6 Å². The number of carbonyl (C=O) groups excluding carboxylic acids is 3. The lowest BCUT2D eigenvalue weighted by Crippen LogP contribution is -2.46. The third-order valence-corrected chi connectivity index (χ3v) is 12.9. The van der Waals surface area contributed by atoms with Gasteiger partial charge in [-0.1, -0.05) is 44.2 Å². The van der Waals surface area contributed by atoms with Crippen LogP contribution in [-0.4, -0.2) is 128 Å². The molecule has 0 aliphatic carbocycles. The first-order valence-electron chi connectivity index (χ1n) is 22.0. The van der Waals surface area contributed by atoms with E-state index < -0.39 is 18.2 Å². The molecule has 4 atom stereocenters. The molecule has 2 saturated heterocycles. The molecular weight excluding hydrogens is 853 g/mol. The number of likely N-dealkylation sites (tertiary alicyclic amines) is 2. The van der Waals surface area contributed by atoms with Gasteiger partial charge in [-0.25, -0.2) is 19.6 Å². The van der Waals surface area contributed by atoms with E-state index in [1.807, 2.05) is 35.8 Å². The Morgan fingerprint density at radius 1 is 0.738 bits per heavy atom. The highest BCUT2D eigenvalue weighted by atomic mass is 32.1. The molecule has 0 spiro atoms. The van der Waals surface area contributed by atoms with Crippen molar-refractivity contribution in [2.24, 2.45) is 5.92 Å². The summed E-state index contributed by atoms with van der Waals surface area (Å²) in [5.74, 6) is 2.57. The molecule has 65 heavy (non-hydrogen) atoms. The lowest BCUT2D eigenvalue weighted by molar-refractivity contribution is -0.134. The Bertz CT molecular complexity index is 2330. The van der Waals surface area contributed by atoms with Gasteiger partial charge in [0.25, 0.3) is 5.91 Å². The number of amides is 3. The number of H-pyrrole nitrogens is 2. The maximum atomic E-state index is 14.1. The van der Waals surface area contributed by atoms with Crippen molar-refractivity contribution in [1.82, 2.24) is 40.4 Å². The summed E-state index contributed by atoms with van der Waals surface area (Å²) >= 11 is 1.39. The molecule has 18 heteroatoms. The Kier molecular flexibility index (Phi) is 16.1. The Morgan fingerprint density at radius 3 is 2.00 bits per heavy atom. The van der Waals surface area contributed by atoms with Gasteiger partial charge in [0.2, 0.25) is 0 Å². The minimum absolute atomic E-state index is 0.0559. The second kappa shape index (κ2) is 22.3. The molecule has 2 aliphatic heterocycles. The van der Waals surface area contributed by atoms with Gasteiger partial charge in [-0.2, -0.15) is 0 Å². The van der Waals surface area contributed by atoms with Gasteiger partial charge in [0, 0.05) is 49.4 Å². The number of aromatic amines is 2. The first-order valence-corrected chi connectivity index (χ1v) is 22.9. The number of nitrogens with zero attached hydrogens (tertiary/aromatic N) is 4. The number of hydrogen-bond acceptors (Lipinski definition) is 13. The fourth-order valence-electron chi connectivity index (χ4n) is 8.48. The number of carbonyl (C=O) groups is 3. The lowest BCUT2D eigenvalue weighted by Gasteiger charge is -2.30. The van der Waals surface area contributed by atoms with E-state index in [0.29, 0.717) is 60.6 Å². The highest BCUT2D eigenvalue weighted by molar-refractivity contribution is 7.10. The molecule has 7 rings (SSSR count). The van der Waals surface area contributed by atoms with Gasteiger partial charge in [-0.05, 0) is 72.9 Å². The Balaban J connectivity index is 1.15. The van der Waals surface area contributed by atoms with Gasteiger partial charge in [-0.3, -0.25) is 9.69 Å². The zero-order valence-corrected chi connectivity index (χ0v) is 38.7. The van der Waals surface area contributed by atoms with Crippen LogP contribution >= 0.6 is 11.3 Å². The van der Waals surface area contributed by atoms with E-state index in [9.17, 15) is 14.4 Å². The molecule has 0 saturated carbocycles. The summed E-state index contributed by atoms with van der Waals surface area (Å²) in [5.41, 5.74) is 5.02. The predicted molar refractivity (Wildman–Crippen MR) is 246 cm³/mol. The monoisotopic (exact) mass is 912 g/mol. The van der Waals surface area contributed by atoms with Crippen LogP contribution in [0.4, 0.5) is 9.59 Å². The van der Waals surface area contributed by atoms with E-state index >= 15 is 0 Å². The summed E-state index contributed by atoms with van der Waals surface area (Å²) in [7, 11) is 5.91. The van der Waals surface area contributed by atoms with Crippen LogP contribution in [0.15, 0.2) is 66.3 Å². The third kappa shape index (κ3) is 11.1. The number of thiophene rings is 1. The van der Waals surface area contributed by atoms with Crippen LogP contribution in [-0.2, 0) is 23.7 Å². The van der Waals surface area contributed by atoms with E-state index in [1.54, 1.807) is 25.3 Å². The van der Waals surface area contributed by atoms with Crippen molar-refractivity contribution >= 4 is 29.4 Å². The zero-order chi connectivity index (χ0) is 45.9. The number of ether oxygens (including phenoxy) is 6. The topological polar surface area (TPSA) is 194 Å². The molecular formula is C47H60N8O9S. The molecule has 5 aromatic rings. The molecule has 4 unspecified atom stereocenters. The van der Waals surface area contributed by atoms with Gasteiger partial charge in [0.15, 0.2) is 11.5 Å². The minimum Gasteiger partial charge on any atom is -0.487 e. The van der Waals surface area contributed by atoms with Crippen LogP contribution in [0, 0.1) is 5.92 Å². The number of alkyl carbamates (subject to hydrolysis) is 2. The summed E-state index contributed by atoms with van der Waals surface area (Å²) < 4.78 is 33.5. The van der Waals surface area contributed by atoms with Gasteiger partial charge in [-0.15, -0.1) is 11.3 Å². The molecule has 2 fully saturated rings. The molecule has 2 aromatic carbocycles. The molecule has 348 valence electrons. The summed E-state index contributed by atoms with van der Waals surface area (Å²) in [5, 5.41) is 7.59. The van der Waals surface area contributed by atoms with Crippen molar-refractivity contribution in [3.8, 4) is 45.1 Å². The average molecular weight is 913 g/mol. The summed E-state index contributed by atoms with van der Waals surface area (Å²) in [6.45, 7) is 7.57. The van der Waals surface area contributed by atoms with Crippen molar-refractivity contribution in [2.75, 3.05) is 74.5 Å². The SMILES string of the molecule is COCCOc1c(-c2ccc(-c3cnc(C4CCCN4CC(NC(=O)OC)C(C)C)[nH]3)cc2)ccc(-c2cnc(C3CCCN3C(=O)C(NC(=O)OC)c3cccs3)[nH]2)c1OCCOC. The van der Waals surface area contributed by atoms with Crippen molar-refractivity contribution < 1.29 is 42.8 Å². The summed E-state index contributed by atoms with van der Waals surface area (Å²) in [6, 6.07) is 14.7. The van der Waals surface area contributed by atoms with Crippen LogP contribution < -0.4 is 20.1 Å². The summed E-state index contributed by atoms with van der Waals surface area (Å²) in [4.78, 5) is 60.1. The number of hydrogen-bond donors (Lipinski definition) is 4. The number of nitrogens with one attached hydrogen (secondary N) is 4. The highest BCUT2D eigenvalue weighted by Crippen LogP contribution is 2.46. The Hall–Kier alpha value is -5.95. The molecule has 2 aliphatic rings. The van der Waals surface area contributed by atoms with Crippen LogP contribution in [0.2, 0.25) is 0 Å². The number of aromatic nitrogens is 4. The van der Waals surface area contributed by atoms with Crippen molar-refractivity contribution in [1.29, 1.82) is 0 Å². The molecule has 0 bridgehead atoms. The van der Waals surface area contributed by atoms with E-state index in [0.717, 1.165) is 59.6 Å². The minimum atomic E-state index is -0.890. The highest BCUT2D eigenvalue weighted by Gasteiger charge is 2.38. The smallest absolute Gasteiger partial charge is 0.407 e. The van der Waals surface area contributed by atoms with Gasteiger partial charge in [0.05, 0.1) is 63.3 Å². The molecule has 3 aromatic heterocycles. The lowest BCUT2D eigenvalue weighted by atomic mass is 9.98. The quantitative estimate of drug-likeness (QED) is 0.0562. The largest absolute Gasteiger partial charge is 0.487 e. The molecule has 0 radical (unpaired) electrons. The van der Waals surface area contributed by atoms with Crippen LogP contribution in [0.1, 0.15) is 74.2 Å². The first kappa shape index (κ1) is 47.0. The maximum Gasteiger partial charge on any atom is 0.407 e. The van der Waals surface area contributed by atoms with Crippen LogP contribution in [0.3, 0.4) is 0 Å².